The Balaban J connectivity index is 0.870. The summed E-state index contributed by atoms with van der Waals surface area (Å²) in [6.45, 7) is 0. The van der Waals surface area contributed by atoms with Crippen LogP contribution in [0.2, 0.25) is 20.1 Å². The maximum Gasteiger partial charge on any atom is 0.304 e. The van der Waals surface area contributed by atoms with Gasteiger partial charge in [0.25, 0.3) is 0 Å². The minimum Gasteiger partial charge on any atom is -0.387 e. The molecular formula is C38H34Cl4N4O5S3. The Hall–Kier alpha value is -2.75. The summed E-state index contributed by atoms with van der Waals surface area (Å²) in [5.41, 5.74) is 8.03. The van der Waals surface area contributed by atoms with E-state index in [1.54, 1.807) is 46.4 Å². The second-order valence-electron chi connectivity index (χ2n) is 13.7. The van der Waals surface area contributed by atoms with Crippen LogP contribution in [0.4, 0.5) is 0 Å². The highest BCUT2D eigenvalue weighted by molar-refractivity contribution is 7.88. The first-order valence-corrected chi connectivity index (χ1v) is 22.2. The molecule has 0 bridgehead atoms. The molecule has 0 saturated carbocycles. The third-order valence-electron chi connectivity index (χ3n) is 10.1. The van der Waals surface area contributed by atoms with Crippen molar-refractivity contribution in [1.82, 2.24) is 19.6 Å². The Bertz CT molecular complexity index is 2510. The first-order chi connectivity index (χ1) is 25.9. The average molecular weight is 865 g/mol. The summed E-state index contributed by atoms with van der Waals surface area (Å²) in [6, 6.07) is 14.0. The molecule has 0 saturated heterocycles. The molecule has 3 N–H and O–H groups in total. The molecule has 4 heterocycles. The van der Waals surface area contributed by atoms with Crippen molar-refractivity contribution >= 4 is 79.2 Å². The fourth-order valence-electron chi connectivity index (χ4n) is 7.52. The third-order valence-corrected chi connectivity index (χ3v) is 14.6. The largest absolute Gasteiger partial charge is 0.387 e. The van der Waals surface area contributed by atoms with Crippen LogP contribution in [0.5, 0.6) is 0 Å². The summed E-state index contributed by atoms with van der Waals surface area (Å²) in [5.74, 6) is 0. The lowest BCUT2D eigenvalue weighted by atomic mass is 10.0. The van der Waals surface area contributed by atoms with Gasteiger partial charge in [0.2, 0.25) is 0 Å². The number of halogens is 4. The highest BCUT2D eigenvalue weighted by atomic mass is 35.5. The fourth-order valence-corrected chi connectivity index (χ4v) is 11.4. The normalized spacial score (nSPS) is 14.3. The van der Waals surface area contributed by atoms with Crippen LogP contribution in [0.25, 0.3) is 32.5 Å². The van der Waals surface area contributed by atoms with Gasteiger partial charge in [0.1, 0.15) is 4.21 Å². The van der Waals surface area contributed by atoms with Crippen LogP contribution in [0, 0.1) is 0 Å². The maximum absolute atomic E-state index is 11.9. The van der Waals surface area contributed by atoms with Crippen LogP contribution in [0.3, 0.4) is 0 Å². The SMILES string of the molecule is O=S(=O)(O)c1cc2c(s1)-c1c(c(C(O)CCCCCCCCC(O)c3nn(-c4ccc(Cl)cc4Cl)c4c3Cc3ccsc3-4)nn1-c1ccc(Cl)cc1Cl)C2. The van der Waals surface area contributed by atoms with E-state index in [-0.39, 0.29) is 4.21 Å². The molecule has 8 rings (SSSR count). The molecule has 0 aliphatic heterocycles. The molecule has 0 fully saturated rings. The topological polar surface area (TPSA) is 130 Å². The van der Waals surface area contributed by atoms with Gasteiger partial charge in [-0.3, -0.25) is 4.55 Å². The van der Waals surface area contributed by atoms with Gasteiger partial charge in [0, 0.05) is 34.0 Å². The van der Waals surface area contributed by atoms with Crippen molar-refractivity contribution in [3.63, 3.8) is 0 Å². The van der Waals surface area contributed by atoms with E-state index in [0.717, 1.165) is 89.2 Å². The van der Waals surface area contributed by atoms with Gasteiger partial charge in [0.05, 0.1) is 66.2 Å². The number of aliphatic hydroxyl groups is 2. The highest BCUT2D eigenvalue weighted by Crippen LogP contribution is 2.48. The Morgan fingerprint density at radius 3 is 1.70 bits per heavy atom. The minimum atomic E-state index is -4.37. The third kappa shape index (κ3) is 7.19. The predicted molar refractivity (Wildman–Crippen MR) is 216 cm³/mol. The van der Waals surface area contributed by atoms with E-state index in [1.807, 2.05) is 10.7 Å². The van der Waals surface area contributed by atoms with Crippen molar-refractivity contribution < 1.29 is 23.2 Å². The standard InChI is InChI=1S/C38H34Cl4N4O5S3/c39-22-9-11-28(26(41)18-22)45-35-24(15-20-13-14-52-37(20)35)33(43-45)30(47)7-5-3-1-2-4-6-8-31(48)34-25-16-21-17-32(54(49,50)51)53-38(21)36(25)46(44-34)29-12-10-23(40)19-27(29)42/h9-14,17-19,30-31,47-48H,1-8,15-16H2,(H,49,50,51). The molecule has 0 radical (unpaired) electrons. The van der Waals surface area contributed by atoms with E-state index >= 15 is 0 Å². The number of fused-ring (bicyclic) bond motifs is 6. The molecule has 0 amide bonds. The summed E-state index contributed by atoms with van der Waals surface area (Å²) in [4.78, 5) is 1.82. The van der Waals surface area contributed by atoms with Gasteiger partial charge in [-0.1, -0.05) is 84.9 Å². The molecule has 54 heavy (non-hydrogen) atoms. The van der Waals surface area contributed by atoms with Crippen LogP contribution >= 0.6 is 69.1 Å². The van der Waals surface area contributed by atoms with E-state index in [4.69, 9.17) is 56.6 Å². The van der Waals surface area contributed by atoms with Crippen LogP contribution in [0.15, 0.2) is 58.1 Å². The van der Waals surface area contributed by atoms with Crippen LogP contribution in [0.1, 0.15) is 97.2 Å². The summed E-state index contributed by atoms with van der Waals surface area (Å²) in [5, 5.41) is 36.3. The number of nitrogens with zero attached hydrogens (tertiary/aromatic N) is 4. The lowest BCUT2D eigenvalue weighted by molar-refractivity contribution is 0.155. The van der Waals surface area contributed by atoms with Crippen molar-refractivity contribution in [2.75, 3.05) is 0 Å². The molecule has 6 aromatic rings. The molecule has 2 atom stereocenters. The molecule has 2 unspecified atom stereocenters. The van der Waals surface area contributed by atoms with Gasteiger partial charge >= 0.3 is 10.1 Å². The molecule has 282 valence electrons. The van der Waals surface area contributed by atoms with E-state index in [2.05, 4.69) is 11.4 Å². The van der Waals surface area contributed by atoms with Gasteiger partial charge in [-0.2, -0.15) is 18.6 Å². The molecular weight excluding hydrogens is 830 g/mol. The Morgan fingerprint density at radius 2 is 1.19 bits per heavy atom. The van der Waals surface area contributed by atoms with Crippen molar-refractivity contribution in [1.29, 1.82) is 0 Å². The van der Waals surface area contributed by atoms with E-state index in [1.165, 1.54) is 11.6 Å². The second-order valence-corrected chi connectivity index (χ2v) is 19.0. The second kappa shape index (κ2) is 15.3. The molecule has 0 spiro atoms. The number of hydrogen-bond donors (Lipinski definition) is 3. The Morgan fingerprint density at radius 1 is 0.685 bits per heavy atom. The monoisotopic (exact) mass is 862 g/mol. The quantitative estimate of drug-likeness (QED) is 0.0733. The molecule has 9 nitrogen and oxygen atoms in total. The first kappa shape index (κ1) is 38.1. The smallest absolute Gasteiger partial charge is 0.304 e. The maximum atomic E-state index is 11.9. The summed E-state index contributed by atoms with van der Waals surface area (Å²) in [7, 11) is -4.37. The molecule has 2 aliphatic rings. The van der Waals surface area contributed by atoms with E-state index in [0.29, 0.717) is 67.0 Å². The molecule has 4 aromatic heterocycles. The lowest BCUT2D eigenvalue weighted by Crippen LogP contribution is -2.05. The van der Waals surface area contributed by atoms with Crippen LogP contribution in [-0.4, -0.2) is 42.7 Å². The van der Waals surface area contributed by atoms with Crippen molar-refractivity contribution in [2.24, 2.45) is 0 Å². The summed E-state index contributed by atoms with van der Waals surface area (Å²) < 4.78 is 36.8. The zero-order chi connectivity index (χ0) is 37.9. The van der Waals surface area contributed by atoms with E-state index in [9.17, 15) is 23.2 Å². The number of aliphatic hydroxyl groups excluding tert-OH is 2. The molecule has 2 aliphatic carbocycles. The predicted octanol–water partition coefficient (Wildman–Crippen LogP) is 11.1. The number of benzene rings is 2. The average Bonchev–Trinajstić information content (AvgIpc) is 3.94. The Labute approximate surface area is 340 Å². The number of rotatable bonds is 14. The lowest BCUT2D eigenvalue weighted by Gasteiger charge is -2.11. The van der Waals surface area contributed by atoms with E-state index < -0.39 is 22.3 Å². The number of aromatic nitrogens is 4. The summed E-state index contributed by atoms with van der Waals surface area (Å²) in [6.07, 6.45) is 6.25. The molecule has 16 heteroatoms. The zero-order valence-electron chi connectivity index (χ0n) is 28.6. The van der Waals surface area contributed by atoms with Crippen molar-refractivity contribution in [3.05, 3.63) is 108 Å². The Kier molecular flexibility index (Phi) is 10.8. The van der Waals surface area contributed by atoms with Gasteiger partial charge in [-0.25, -0.2) is 9.36 Å². The van der Waals surface area contributed by atoms with Gasteiger partial charge < -0.3 is 10.2 Å². The minimum absolute atomic E-state index is 0.138. The highest BCUT2D eigenvalue weighted by Gasteiger charge is 2.35. The van der Waals surface area contributed by atoms with Gasteiger partial charge in [-0.15, -0.1) is 22.7 Å². The van der Waals surface area contributed by atoms with Crippen LogP contribution < -0.4 is 0 Å². The van der Waals surface area contributed by atoms with Crippen LogP contribution in [-0.2, 0) is 23.0 Å². The molecule has 2 aromatic carbocycles. The number of hydrogen-bond acceptors (Lipinski definition) is 8. The van der Waals surface area contributed by atoms with Gasteiger partial charge in [-0.05, 0) is 77.9 Å². The number of unbranched alkanes of at least 4 members (excludes halogenated alkanes) is 5. The summed E-state index contributed by atoms with van der Waals surface area (Å²) >= 11 is 28.1. The first-order valence-electron chi connectivity index (χ1n) is 17.6. The van der Waals surface area contributed by atoms with Crippen molar-refractivity contribution in [3.8, 4) is 32.5 Å². The number of thiophene rings is 2. The van der Waals surface area contributed by atoms with Gasteiger partial charge in [0.15, 0.2) is 0 Å². The fraction of sp³-hybridized carbons (Fsp3) is 0.316. The zero-order valence-corrected chi connectivity index (χ0v) is 34.1. The van der Waals surface area contributed by atoms with Crippen molar-refractivity contribution in [2.45, 2.75) is 80.6 Å².